The van der Waals surface area contributed by atoms with Crippen LogP contribution in [0.25, 0.3) is 10.9 Å². The molecule has 18 heavy (non-hydrogen) atoms. The smallest absolute Gasteiger partial charge is 0.310 e. The van der Waals surface area contributed by atoms with E-state index < -0.39 is 0 Å². The zero-order chi connectivity index (χ0) is 13.3. The fraction of sp³-hybridized carbons (Fsp3) is 0.286. The first-order valence-corrected chi connectivity index (χ1v) is 6.03. The number of hydrogen-bond donors (Lipinski definition) is 0. The lowest BCUT2D eigenvalue weighted by Gasteiger charge is -2.10. The van der Waals surface area contributed by atoms with Gasteiger partial charge in [0.15, 0.2) is 0 Å². The van der Waals surface area contributed by atoms with Gasteiger partial charge in [0.2, 0.25) is 0 Å². The van der Waals surface area contributed by atoms with Crippen LogP contribution in [-0.2, 0) is 16.0 Å². The highest BCUT2D eigenvalue weighted by molar-refractivity contribution is 6.35. The Balaban J connectivity index is 2.71. The minimum absolute atomic E-state index is 0.208. The third-order valence-corrected chi connectivity index (χ3v) is 3.20. The van der Waals surface area contributed by atoms with Crippen molar-refractivity contribution >= 4 is 28.5 Å². The predicted molar refractivity (Wildman–Crippen MR) is 71.9 cm³/mol. The zero-order valence-corrected chi connectivity index (χ0v) is 11.3. The van der Waals surface area contributed by atoms with Gasteiger partial charge in [0.05, 0.1) is 24.1 Å². The van der Waals surface area contributed by atoms with Crippen molar-refractivity contribution in [2.24, 2.45) is 0 Å². The number of pyridine rings is 1. The van der Waals surface area contributed by atoms with Crippen LogP contribution in [0, 0.1) is 13.8 Å². The highest BCUT2D eigenvalue weighted by Gasteiger charge is 2.13. The molecule has 0 spiro atoms. The van der Waals surface area contributed by atoms with Crippen LogP contribution in [-0.4, -0.2) is 18.1 Å². The number of aryl methyl sites for hydroxylation is 2. The molecule has 2 rings (SSSR count). The van der Waals surface area contributed by atoms with E-state index in [-0.39, 0.29) is 12.4 Å². The fourth-order valence-electron chi connectivity index (χ4n) is 2.02. The minimum atomic E-state index is -0.278. The average Bonchev–Trinajstić information content (AvgIpc) is 2.33. The van der Waals surface area contributed by atoms with Crippen LogP contribution in [0.1, 0.15) is 16.8 Å². The summed E-state index contributed by atoms with van der Waals surface area (Å²) in [6, 6.07) is 5.64. The van der Waals surface area contributed by atoms with E-state index in [2.05, 4.69) is 4.98 Å². The third kappa shape index (κ3) is 2.31. The maximum absolute atomic E-state index is 11.4. The van der Waals surface area contributed by atoms with Crippen LogP contribution in [0.3, 0.4) is 0 Å². The second-order valence-corrected chi connectivity index (χ2v) is 4.67. The molecule has 4 heteroatoms. The van der Waals surface area contributed by atoms with E-state index in [1.807, 2.05) is 32.0 Å². The van der Waals surface area contributed by atoms with E-state index in [4.69, 9.17) is 16.3 Å². The number of methoxy groups -OCH3 is 1. The van der Waals surface area contributed by atoms with Gasteiger partial charge in [0, 0.05) is 11.1 Å². The van der Waals surface area contributed by atoms with Gasteiger partial charge in [-0.15, -0.1) is 0 Å². The number of carbonyl (C=O) groups is 1. The second-order valence-electron chi connectivity index (χ2n) is 4.26. The summed E-state index contributed by atoms with van der Waals surface area (Å²) in [6.45, 7) is 3.88. The van der Waals surface area contributed by atoms with Crippen molar-refractivity contribution in [3.8, 4) is 0 Å². The number of benzene rings is 1. The Bertz CT molecular complexity index is 623. The van der Waals surface area contributed by atoms with Gasteiger partial charge in [0.25, 0.3) is 0 Å². The first-order valence-electron chi connectivity index (χ1n) is 5.65. The van der Waals surface area contributed by atoms with E-state index in [1.165, 1.54) is 7.11 Å². The van der Waals surface area contributed by atoms with Crippen molar-refractivity contribution in [3.63, 3.8) is 0 Å². The summed E-state index contributed by atoms with van der Waals surface area (Å²) in [5, 5.41) is 1.45. The average molecular weight is 264 g/mol. The van der Waals surface area contributed by atoms with Gasteiger partial charge in [-0.25, -0.2) is 0 Å². The molecule has 1 aromatic heterocycles. The monoisotopic (exact) mass is 263 g/mol. The van der Waals surface area contributed by atoms with Crippen molar-refractivity contribution in [1.29, 1.82) is 0 Å². The number of esters is 1. The maximum Gasteiger partial charge on any atom is 0.310 e. The highest BCUT2D eigenvalue weighted by atomic mass is 35.5. The summed E-state index contributed by atoms with van der Waals surface area (Å²) in [5.41, 5.74) is 3.62. The lowest BCUT2D eigenvalue weighted by molar-refractivity contribution is -0.139. The Hall–Kier alpha value is -1.61. The van der Waals surface area contributed by atoms with E-state index >= 15 is 0 Å². The fourth-order valence-corrected chi connectivity index (χ4v) is 2.29. The molecule has 1 aromatic carbocycles. The normalized spacial score (nSPS) is 10.7. The second kappa shape index (κ2) is 4.94. The van der Waals surface area contributed by atoms with Crippen LogP contribution in [0.15, 0.2) is 18.2 Å². The zero-order valence-electron chi connectivity index (χ0n) is 10.6. The van der Waals surface area contributed by atoms with E-state index in [0.717, 1.165) is 27.7 Å². The standard InChI is InChI=1S/C14H14ClNO2/c1-8-4-5-11(15)13-10(7-12(17)18-3)6-9(2)16-14(8)13/h4-6H,7H2,1-3H3. The third-order valence-electron chi connectivity index (χ3n) is 2.88. The molecule has 94 valence electrons. The minimum Gasteiger partial charge on any atom is -0.469 e. The summed E-state index contributed by atoms with van der Waals surface area (Å²) in [4.78, 5) is 15.9. The molecule has 0 atom stereocenters. The van der Waals surface area contributed by atoms with Gasteiger partial charge >= 0.3 is 5.97 Å². The van der Waals surface area contributed by atoms with Gasteiger partial charge in [0.1, 0.15) is 0 Å². The summed E-state index contributed by atoms with van der Waals surface area (Å²) in [5.74, 6) is -0.278. The molecule has 0 bridgehead atoms. The number of aromatic nitrogens is 1. The quantitative estimate of drug-likeness (QED) is 0.781. The molecule has 0 aliphatic rings. The number of nitrogens with zero attached hydrogens (tertiary/aromatic N) is 1. The molecule has 0 saturated heterocycles. The Morgan fingerprint density at radius 1 is 1.39 bits per heavy atom. The summed E-state index contributed by atoms with van der Waals surface area (Å²) >= 11 is 6.22. The molecular formula is C14H14ClNO2. The summed E-state index contributed by atoms with van der Waals surface area (Å²) < 4.78 is 4.71. The summed E-state index contributed by atoms with van der Waals surface area (Å²) in [6.07, 6.45) is 0.208. The van der Waals surface area contributed by atoms with Gasteiger partial charge in [-0.3, -0.25) is 9.78 Å². The van der Waals surface area contributed by atoms with Crippen LogP contribution in [0.4, 0.5) is 0 Å². The molecule has 0 amide bonds. The Kier molecular flexibility index (Phi) is 3.53. The topological polar surface area (TPSA) is 39.2 Å². The molecule has 0 N–H and O–H groups in total. The molecule has 0 fully saturated rings. The summed E-state index contributed by atoms with van der Waals surface area (Å²) in [7, 11) is 1.38. The molecule has 0 aliphatic carbocycles. The van der Waals surface area contributed by atoms with Crippen LogP contribution in [0.5, 0.6) is 0 Å². The number of carbonyl (C=O) groups excluding carboxylic acids is 1. The van der Waals surface area contributed by atoms with E-state index in [0.29, 0.717) is 5.02 Å². The molecule has 1 heterocycles. The largest absolute Gasteiger partial charge is 0.469 e. The number of hydrogen-bond acceptors (Lipinski definition) is 3. The lowest BCUT2D eigenvalue weighted by atomic mass is 10.0. The van der Waals surface area contributed by atoms with Gasteiger partial charge in [-0.05, 0) is 37.1 Å². The molecule has 0 aliphatic heterocycles. The SMILES string of the molecule is COC(=O)Cc1cc(C)nc2c(C)ccc(Cl)c12. The number of fused-ring (bicyclic) bond motifs is 1. The Labute approximate surface area is 111 Å². The van der Waals surface area contributed by atoms with Gasteiger partial charge < -0.3 is 4.74 Å². The predicted octanol–water partition coefficient (Wildman–Crippen LogP) is 3.22. The van der Waals surface area contributed by atoms with Crippen LogP contribution in [0.2, 0.25) is 5.02 Å². The van der Waals surface area contributed by atoms with Gasteiger partial charge in [-0.1, -0.05) is 17.7 Å². The number of rotatable bonds is 2. The number of ether oxygens (including phenoxy) is 1. The maximum atomic E-state index is 11.4. The van der Waals surface area contributed by atoms with Crippen molar-refractivity contribution in [2.75, 3.05) is 7.11 Å². The molecule has 0 radical (unpaired) electrons. The first kappa shape index (κ1) is 12.8. The molecule has 3 nitrogen and oxygen atoms in total. The number of halogens is 1. The van der Waals surface area contributed by atoms with E-state index in [1.54, 1.807) is 0 Å². The molecule has 2 aromatic rings. The lowest BCUT2D eigenvalue weighted by Crippen LogP contribution is -2.06. The Morgan fingerprint density at radius 2 is 2.11 bits per heavy atom. The van der Waals surface area contributed by atoms with Crippen LogP contribution < -0.4 is 0 Å². The Morgan fingerprint density at radius 3 is 2.78 bits per heavy atom. The molecular weight excluding hydrogens is 250 g/mol. The van der Waals surface area contributed by atoms with Crippen molar-refractivity contribution in [3.05, 3.63) is 40.0 Å². The molecule has 0 unspecified atom stereocenters. The molecule has 0 saturated carbocycles. The van der Waals surface area contributed by atoms with Crippen molar-refractivity contribution in [1.82, 2.24) is 4.98 Å². The van der Waals surface area contributed by atoms with E-state index in [9.17, 15) is 4.79 Å². The van der Waals surface area contributed by atoms with Gasteiger partial charge in [-0.2, -0.15) is 0 Å². The van der Waals surface area contributed by atoms with Crippen LogP contribution >= 0.6 is 11.6 Å². The first-order chi connectivity index (χ1) is 8.52. The van der Waals surface area contributed by atoms with Crippen molar-refractivity contribution < 1.29 is 9.53 Å². The highest BCUT2D eigenvalue weighted by Crippen LogP contribution is 2.29. The van der Waals surface area contributed by atoms with Crippen molar-refractivity contribution in [2.45, 2.75) is 20.3 Å².